The van der Waals surface area contributed by atoms with Crippen molar-refractivity contribution in [3.05, 3.63) is 28.2 Å². The molecule has 1 N–H and O–H groups in total. The molecule has 1 aromatic carbocycles. The molecule has 0 unspecified atom stereocenters. The molecule has 0 aromatic heterocycles. The SMILES string of the molecule is CCOC(=O)C(C)(C)NC(=O)N(CC)Oc1cc(Br)cc(C(F)(F)F)c1. The minimum atomic E-state index is -4.56. The van der Waals surface area contributed by atoms with Crippen LogP contribution in [0.3, 0.4) is 0 Å². The minimum absolute atomic E-state index is 0.0264. The molecule has 2 amide bonds. The molecule has 0 saturated heterocycles. The van der Waals surface area contributed by atoms with Gasteiger partial charge in [0.15, 0.2) is 5.75 Å². The van der Waals surface area contributed by atoms with Gasteiger partial charge in [0, 0.05) is 4.47 Å². The fourth-order valence-corrected chi connectivity index (χ4v) is 2.32. The summed E-state index contributed by atoms with van der Waals surface area (Å²) in [6.45, 7) is 6.25. The molecule has 0 atom stereocenters. The van der Waals surface area contributed by atoms with Crippen molar-refractivity contribution in [2.45, 2.75) is 39.4 Å². The highest BCUT2D eigenvalue weighted by molar-refractivity contribution is 9.10. The quantitative estimate of drug-likeness (QED) is 0.533. The fraction of sp³-hybridized carbons (Fsp3) is 0.500. The number of nitrogens with zero attached hydrogens (tertiary/aromatic N) is 1. The average Bonchev–Trinajstić information content (AvgIpc) is 2.50. The van der Waals surface area contributed by atoms with Crippen molar-refractivity contribution in [3.63, 3.8) is 0 Å². The summed E-state index contributed by atoms with van der Waals surface area (Å²) in [6.07, 6.45) is -4.56. The summed E-state index contributed by atoms with van der Waals surface area (Å²) in [4.78, 5) is 29.4. The molecule has 0 aliphatic heterocycles. The van der Waals surface area contributed by atoms with Crippen LogP contribution >= 0.6 is 15.9 Å². The lowest BCUT2D eigenvalue weighted by Crippen LogP contribution is -2.55. The average molecular weight is 441 g/mol. The normalized spacial score (nSPS) is 11.7. The standard InChI is InChI=1S/C16H20BrF3N2O4/c1-5-22(14(24)21-15(3,4)13(23)25-6-2)26-12-8-10(16(18,19)20)7-11(17)9-12/h7-9H,5-6H2,1-4H3,(H,21,24). The van der Waals surface area contributed by atoms with Crippen LogP contribution in [0.4, 0.5) is 18.0 Å². The molecule has 0 aliphatic carbocycles. The number of rotatable bonds is 6. The zero-order valence-corrected chi connectivity index (χ0v) is 16.3. The Hall–Kier alpha value is -1.97. The maximum Gasteiger partial charge on any atom is 0.416 e. The third kappa shape index (κ3) is 6.08. The van der Waals surface area contributed by atoms with Gasteiger partial charge in [0.05, 0.1) is 18.7 Å². The van der Waals surface area contributed by atoms with E-state index in [1.165, 1.54) is 19.9 Å². The summed E-state index contributed by atoms with van der Waals surface area (Å²) < 4.78 is 43.7. The van der Waals surface area contributed by atoms with Crippen molar-refractivity contribution in [1.82, 2.24) is 10.4 Å². The first-order chi connectivity index (χ1) is 11.9. The van der Waals surface area contributed by atoms with Crippen LogP contribution in [0.15, 0.2) is 22.7 Å². The smallest absolute Gasteiger partial charge is 0.416 e. The van der Waals surface area contributed by atoms with Gasteiger partial charge in [-0.2, -0.15) is 18.2 Å². The second-order valence-corrected chi connectivity index (χ2v) is 6.65. The van der Waals surface area contributed by atoms with Crippen molar-refractivity contribution in [1.29, 1.82) is 0 Å². The van der Waals surface area contributed by atoms with Crippen LogP contribution in [0.25, 0.3) is 0 Å². The van der Waals surface area contributed by atoms with Crippen LogP contribution in [0.2, 0.25) is 0 Å². The Morgan fingerprint density at radius 2 is 1.81 bits per heavy atom. The molecule has 1 rings (SSSR count). The van der Waals surface area contributed by atoms with Gasteiger partial charge in [-0.15, -0.1) is 0 Å². The van der Waals surface area contributed by atoms with E-state index in [4.69, 9.17) is 9.57 Å². The summed E-state index contributed by atoms with van der Waals surface area (Å²) in [5.74, 6) is -0.830. The van der Waals surface area contributed by atoms with Crippen LogP contribution in [0, 0.1) is 0 Å². The molecule has 0 saturated carbocycles. The predicted octanol–water partition coefficient (Wildman–Crippen LogP) is 4.13. The van der Waals surface area contributed by atoms with E-state index in [-0.39, 0.29) is 23.4 Å². The molecule has 0 fully saturated rings. The lowest BCUT2D eigenvalue weighted by atomic mass is 10.1. The number of nitrogens with one attached hydrogen (secondary N) is 1. The highest BCUT2D eigenvalue weighted by atomic mass is 79.9. The monoisotopic (exact) mass is 440 g/mol. The second kappa shape index (κ2) is 8.61. The van der Waals surface area contributed by atoms with Crippen molar-refractivity contribution < 1.29 is 32.3 Å². The zero-order chi connectivity index (χ0) is 20.1. The highest BCUT2D eigenvalue weighted by Gasteiger charge is 2.34. The summed E-state index contributed by atoms with van der Waals surface area (Å²) >= 11 is 2.98. The van der Waals surface area contributed by atoms with Crippen LogP contribution in [-0.4, -0.2) is 35.8 Å². The second-order valence-electron chi connectivity index (χ2n) is 5.74. The molecule has 0 bridgehead atoms. The third-order valence-electron chi connectivity index (χ3n) is 3.13. The summed E-state index contributed by atoms with van der Waals surface area (Å²) in [5, 5.41) is 3.23. The van der Waals surface area contributed by atoms with Gasteiger partial charge < -0.3 is 14.9 Å². The predicted molar refractivity (Wildman–Crippen MR) is 91.4 cm³/mol. The van der Waals surface area contributed by atoms with Gasteiger partial charge >= 0.3 is 18.2 Å². The Bertz CT molecular complexity index is 665. The van der Waals surface area contributed by atoms with E-state index in [2.05, 4.69) is 21.2 Å². The van der Waals surface area contributed by atoms with E-state index in [0.29, 0.717) is 0 Å². The van der Waals surface area contributed by atoms with Gasteiger partial charge in [-0.05, 0) is 45.9 Å². The van der Waals surface area contributed by atoms with E-state index < -0.39 is 29.3 Å². The first-order valence-corrected chi connectivity index (χ1v) is 8.52. The molecule has 146 valence electrons. The minimum Gasteiger partial charge on any atom is -0.464 e. The number of carbonyl (C=O) groups is 2. The van der Waals surface area contributed by atoms with E-state index >= 15 is 0 Å². The molecule has 26 heavy (non-hydrogen) atoms. The first kappa shape index (κ1) is 22.1. The summed E-state index contributed by atoms with van der Waals surface area (Å²) in [7, 11) is 0. The number of benzene rings is 1. The highest BCUT2D eigenvalue weighted by Crippen LogP contribution is 2.34. The van der Waals surface area contributed by atoms with Crippen LogP contribution in [0.1, 0.15) is 33.3 Å². The maximum absolute atomic E-state index is 12.9. The molecule has 1 aromatic rings. The van der Waals surface area contributed by atoms with Crippen molar-refractivity contribution in [3.8, 4) is 5.75 Å². The molecule has 0 radical (unpaired) electrons. The largest absolute Gasteiger partial charge is 0.464 e. The number of halogens is 4. The number of urea groups is 1. The Morgan fingerprint density at radius 3 is 2.31 bits per heavy atom. The van der Waals surface area contributed by atoms with Crippen LogP contribution in [0.5, 0.6) is 5.75 Å². The summed E-state index contributed by atoms with van der Waals surface area (Å²) in [6, 6.07) is 2.17. The number of ether oxygens (including phenoxy) is 1. The van der Waals surface area contributed by atoms with E-state index in [1.54, 1.807) is 13.8 Å². The number of hydrogen-bond acceptors (Lipinski definition) is 4. The molecule has 10 heteroatoms. The Labute approximate surface area is 157 Å². The lowest BCUT2D eigenvalue weighted by Gasteiger charge is -2.28. The molecule has 0 spiro atoms. The van der Waals surface area contributed by atoms with Gasteiger partial charge in [0.1, 0.15) is 5.54 Å². The van der Waals surface area contributed by atoms with Crippen LogP contribution in [-0.2, 0) is 15.7 Å². The number of carbonyl (C=O) groups excluding carboxylic acids is 2. The topological polar surface area (TPSA) is 67.9 Å². The number of hydrogen-bond donors (Lipinski definition) is 1. The van der Waals surface area contributed by atoms with Crippen molar-refractivity contribution in [2.24, 2.45) is 0 Å². The van der Waals surface area contributed by atoms with Gasteiger partial charge in [0.2, 0.25) is 0 Å². The number of alkyl halides is 3. The Balaban J connectivity index is 2.95. The van der Waals surface area contributed by atoms with Crippen LogP contribution < -0.4 is 10.2 Å². The zero-order valence-electron chi connectivity index (χ0n) is 14.7. The molecule has 0 aliphatic rings. The lowest BCUT2D eigenvalue weighted by molar-refractivity contribution is -0.149. The molecular weight excluding hydrogens is 421 g/mol. The van der Waals surface area contributed by atoms with E-state index in [9.17, 15) is 22.8 Å². The first-order valence-electron chi connectivity index (χ1n) is 7.73. The van der Waals surface area contributed by atoms with Crippen molar-refractivity contribution >= 4 is 27.9 Å². The Morgan fingerprint density at radius 1 is 1.19 bits per heavy atom. The number of hydroxylamine groups is 2. The van der Waals surface area contributed by atoms with E-state index in [0.717, 1.165) is 17.2 Å². The van der Waals surface area contributed by atoms with E-state index in [1.807, 2.05) is 0 Å². The van der Waals surface area contributed by atoms with Gasteiger partial charge in [0.25, 0.3) is 0 Å². The number of amides is 2. The molecular formula is C16H20BrF3N2O4. The Kier molecular flexibility index (Phi) is 7.31. The molecule has 6 nitrogen and oxygen atoms in total. The van der Waals surface area contributed by atoms with Gasteiger partial charge in [-0.1, -0.05) is 15.9 Å². The third-order valence-corrected chi connectivity index (χ3v) is 3.59. The van der Waals surface area contributed by atoms with Gasteiger partial charge in [-0.3, -0.25) is 0 Å². The fourth-order valence-electron chi connectivity index (χ4n) is 1.85. The molecule has 0 heterocycles. The van der Waals surface area contributed by atoms with Crippen molar-refractivity contribution in [2.75, 3.05) is 13.2 Å². The summed E-state index contributed by atoms with van der Waals surface area (Å²) in [5.41, 5.74) is -2.26. The number of esters is 1. The van der Waals surface area contributed by atoms with Gasteiger partial charge in [-0.25, -0.2) is 9.59 Å². The maximum atomic E-state index is 12.9.